The summed E-state index contributed by atoms with van der Waals surface area (Å²) < 4.78 is 6.69. The quantitative estimate of drug-likeness (QED) is 0.0866. The molecular weight excluding hydrogens is 612 g/mol. The van der Waals surface area contributed by atoms with E-state index < -0.39 is 0 Å². The normalized spacial score (nSPS) is 15.5. The van der Waals surface area contributed by atoms with E-state index in [2.05, 4.69) is 24.3 Å². The van der Waals surface area contributed by atoms with Crippen molar-refractivity contribution in [2.24, 2.45) is 0 Å². The third-order valence-electron chi connectivity index (χ3n) is 10.1. The van der Waals surface area contributed by atoms with Gasteiger partial charge in [-0.05, 0) is 61.9 Å². The summed E-state index contributed by atoms with van der Waals surface area (Å²) >= 11 is 0. The summed E-state index contributed by atoms with van der Waals surface area (Å²) in [5.74, 6) is -0.317. The van der Waals surface area contributed by atoms with E-state index in [1.165, 1.54) is 49.8 Å². The summed E-state index contributed by atoms with van der Waals surface area (Å²) in [5.41, 5.74) is 3.14. The molecule has 3 aromatic rings. The fraction of sp³-hybridized carbons (Fsp3) is 0.488. The number of ether oxygens (including phenoxy) is 1. The molecule has 0 atom stereocenters. The first-order valence-corrected chi connectivity index (χ1v) is 18.4. The van der Waals surface area contributed by atoms with Crippen LogP contribution in [0.2, 0.25) is 0 Å². The van der Waals surface area contributed by atoms with Gasteiger partial charge >= 0.3 is 6.09 Å². The smallest absolute Gasteiger partial charge is 0.408 e. The largest absolute Gasteiger partial charge is 0.446 e. The molecule has 8 heteroatoms. The number of alkyl carbamates (subject to hydrolysis) is 1. The van der Waals surface area contributed by atoms with Gasteiger partial charge in [-0.25, -0.2) is 4.79 Å². The van der Waals surface area contributed by atoms with Gasteiger partial charge in [0, 0.05) is 13.1 Å². The number of piperidine rings is 1. The predicted molar refractivity (Wildman–Crippen MR) is 194 cm³/mol. The van der Waals surface area contributed by atoms with Crippen molar-refractivity contribution in [2.75, 3.05) is 53.4 Å². The highest BCUT2D eigenvalue weighted by atomic mass is 16.6. The zero-order valence-corrected chi connectivity index (χ0v) is 29.5. The second-order valence-electron chi connectivity index (χ2n) is 14.4. The third kappa shape index (κ3) is 10.7. The zero-order valence-electron chi connectivity index (χ0n) is 29.5. The molecule has 8 nitrogen and oxygen atoms in total. The molecule has 0 aromatic heterocycles. The number of likely N-dealkylation sites (tertiary alicyclic amines) is 1. The van der Waals surface area contributed by atoms with Gasteiger partial charge < -0.3 is 19.4 Å². The number of likely N-dealkylation sites (N-methyl/N-ethyl adjacent to an activating group) is 1. The van der Waals surface area contributed by atoms with Crippen LogP contribution in [0.3, 0.4) is 0 Å². The second kappa shape index (κ2) is 18.1. The number of nitrogens with one attached hydrogen (secondary N) is 1. The molecule has 0 aliphatic carbocycles. The van der Waals surface area contributed by atoms with Crippen molar-refractivity contribution in [1.82, 2.24) is 15.1 Å². The number of hydrogen-bond donors (Lipinski definition) is 1. The Morgan fingerprint density at radius 3 is 1.73 bits per heavy atom. The molecule has 49 heavy (non-hydrogen) atoms. The molecule has 3 amide bonds. The summed E-state index contributed by atoms with van der Waals surface area (Å²) in [5, 5.41) is 3.11. The van der Waals surface area contributed by atoms with Crippen LogP contribution in [-0.4, -0.2) is 91.7 Å². The summed E-state index contributed by atoms with van der Waals surface area (Å²) in [7, 11) is 4.39. The summed E-state index contributed by atoms with van der Waals surface area (Å²) in [4.78, 5) is 42.1. The fourth-order valence-electron chi connectivity index (χ4n) is 7.06. The van der Waals surface area contributed by atoms with E-state index >= 15 is 0 Å². The van der Waals surface area contributed by atoms with Crippen LogP contribution < -0.4 is 5.32 Å². The van der Waals surface area contributed by atoms with E-state index in [0.29, 0.717) is 17.7 Å². The Bertz CT molecular complexity index is 1410. The number of benzene rings is 3. The first kappa shape index (κ1) is 36.3. The number of quaternary nitrogens is 1. The Labute approximate surface area is 293 Å². The molecule has 0 saturated carbocycles. The maximum atomic E-state index is 12.9. The van der Waals surface area contributed by atoms with Gasteiger partial charge in [0.25, 0.3) is 11.8 Å². The number of hydrogen-bond acceptors (Lipinski definition) is 5. The van der Waals surface area contributed by atoms with Crippen molar-refractivity contribution in [3.63, 3.8) is 0 Å². The molecule has 2 aliphatic rings. The highest BCUT2D eigenvalue weighted by Gasteiger charge is 2.36. The Morgan fingerprint density at radius 1 is 0.694 bits per heavy atom. The van der Waals surface area contributed by atoms with Gasteiger partial charge in [-0.15, -0.1) is 0 Å². The molecule has 1 N–H and O–H groups in total. The lowest BCUT2D eigenvalue weighted by molar-refractivity contribution is -0.889. The standard InChI is InChI=1S/C41H54N4O4/c1-45(2,32-30-44-39(46)36-23-15-16-24-37(36)40(44)47)31-18-8-6-4-3-5-7-17-27-43-28-25-35(26-29-43)49-41(48)42-38(33-19-11-9-12-20-33)34-21-13-10-14-22-34/h9-16,19-24,35,38H,3-8,17-18,25-32H2,1-2H3/p+1. The Morgan fingerprint density at radius 2 is 1.18 bits per heavy atom. The van der Waals surface area contributed by atoms with E-state index in [1.54, 1.807) is 12.1 Å². The number of imide groups is 1. The molecule has 0 bridgehead atoms. The van der Waals surface area contributed by atoms with Crippen LogP contribution >= 0.6 is 0 Å². The van der Waals surface area contributed by atoms with Crippen molar-refractivity contribution in [2.45, 2.75) is 76.4 Å². The summed E-state index contributed by atoms with van der Waals surface area (Å²) in [6.07, 6.45) is 11.4. The van der Waals surface area contributed by atoms with Crippen molar-refractivity contribution < 1.29 is 23.6 Å². The molecule has 2 aliphatic heterocycles. The van der Waals surface area contributed by atoms with Crippen LogP contribution in [0.5, 0.6) is 0 Å². The maximum absolute atomic E-state index is 12.9. The van der Waals surface area contributed by atoms with Gasteiger partial charge in [-0.3, -0.25) is 14.5 Å². The minimum Gasteiger partial charge on any atom is -0.446 e. The molecule has 2 heterocycles. The summed E-state index contributed by atoms with van der Waals surface area (Å²) in [6.45, 7) is 5.37. The van der Waals surface area contributed by atoms with Crippen LogP contribution in [-0.2, 0) is 4.74 Å². The van der Waals surface area contributed by atoms with E-state index in [9.17, 15) is 14.4 Å². The molecule has 0 radical (unpaired) electrons. The topological polar surface area (TPSA) is 79.0 Å². The molecule has 5 rings (SSSR count). The highest BCUT2D eigenvalue weighted by Crippen LogP contribution is 2.24. The average Bonchev–Trinajstić information content (AvgIpc) is 3.36. The lowest BCUT2D eigenvalue weighted by Gasteiger charge is -2.32. The Balaban J connectivity index is 0.870. The molecule has 0 unspecified atom stereocenters. The number of fused-ring (bicyclic) bond motifs is 1. The second-order valence-corrected chi connectivity index (χ2v) is 14.4. The van der Waals surface area contributed by atoms with Crippen molar-refractivity contribution >= 4 is 17.9 Å². The molecule has 3 aromatic carbocycles. The number of nitrogens with zero attached hydrogens (tertiary/aromatic N) is 3. The first-order valence-electron chi connectivity index (χ1n) is 18.4. The monoisotopic (exact) mass is 667 g/mol. The van der Waals surface area contributed by atoms with Crippen LogP contribution in [0.4, 0.5) is 4.79 Å². The van der Waals surface area contributed by atoms with Gasteiger partial charge in [0.1, 0.15) is 6.10 Å². The van der Waals surface area contributed by atoms with Crippen LogP contribution in [0.25, 0.3) is 0 Å². The number of unbranched alkanes of at least 4 members (excludes halogenated alkanes) is 7. The van der Waals surface area contributed by atoms with E-state index in [-0.39, 0.29) is 30.1 Å². The van der Waals surface area contributed by atoms with Crippen LogP contribution in [0, 0.1) is 0 Å². The predicted octanol–water partition coefficient (Wildman–Crippen LogP) is 7.46. The van der Waals surface area contributed by atoms with Gasteiger partial charge in [0.2, 0.25) is 0 Å². The van der Waals surface area contributed by atoms with Crippen LogP contribution in [0.15, 0.2) is 84.9 Å². The minimum atomic E-state index is -0.349. The number of carbonyl (C=O) groups is 3. The maximum Gasteiger partial charge on any atom is 0.408 e. The lowest BCUT2D eigenvalue weighted by atomic mass is 9.99. The minimum absolute atomic E-state index is 0.0378. The fourth-order valence-corrected chi connectivity index (χ4v) is 7.06. The first-order chi connectivity index (χ1) is 23.8. The molecule has 1 fully saturated rings. The molecule has 0 spiro atoms. The van der Waals surface area contributed by atoms with Crippen molar-refractivity contribution in [1.29, 1.82) is 0 Å². The number of rotatable bonds is 18. The van der Waals surface area contributed by atoms with Gasteiger partial charge in [0.05, 0.1) is 50.9 Å². The summed E-state index contributed by atoms with van der Waals surface area (Å²) in [6, 6.07) is 27.0. The molecular formula is C41H55N4O4+. The van der Waals surface area contributed by atoms with Crippen LogP contribution in [0.1, 0.15) is 102 Å². The SMILES string of the molecule is C[N+](C)(CCCCCCCCCCN1CCC(OC(=O)NC(c2ccccc2)c2ccccc2)CC1)CCN1C(=O)c2ccccc2C1=O. The van der Waals surface area contributed by atoms with E-state index in [0.717, 1.165) is 67.6 Å². The van der Waals surface area contributed by atoms with Gasteiger partial charge in [0.15, 0.2) is 0 Å². The molecule has 262 valence electrons. The Kier molecular flexibility index (Phi) is 13.4. The zero-order chi connectivity index (χ0) is 34.5. The Hall–Kier alpha value is -4.01. The average molecular weight is 668 g/mol. The highest BCUT2D eigenvalue weighted by molar-refractivity contribution is 6.21. The number of amides is 3. The van der Waals surface area contributed by atoms with E-state index in [4.69, 9.17) is 4.74 Å². The lowest BCUT2D eigenvalue weighted by Crippen LogP contribution is -2.47. The van der Waals surface area contributed by atoms with Gasteiger partial charge in [-0.2, -0.15) is 0 Å². The van der Waals surface area contributed by atoms with Crippen molar-refractivity contribution in [3.05, 3.63) is 107 Å². The van der Waals surface area contributed by atoms with E-state index in [1.807, 2.05) is 72.8 Å². The molecule has 1 saturated heterocycles. The van der Waals surface area contributed by atoms with Crippen molar-refractivity contribution in [3.8, 4) is 0 Å². The number of carbonyl (C=O) groups excluding carboxylic acids is 3. The third-order valence-corrected chi connectivity index (χ3v) is 10.1. The van der Waals surface area contributed by atoms with Gasteiger partial charge in [-0.1, -0.05) is 105 Å².